The van der Waals surface area contributed by atoms with Crippen molar-refractivity contribution in [2.24, 2.45) is 0 Å². The minimum atomic E-state index is -3.61. The smallest absolute Gasteiger partial charge is 0.240 e. The maximum atomic E-state index is 12.1. The Labute approximate surface area is 152 Å². The summed E-state index contributed by atoms with van der Waals surface area (Å²) in [7, 11) is 0.400. The molecule has 0 bridgehead atoms. The first-order valence-corrected chi connectivity index (χ1v) is 9.71. The number of aliphatic hydroxyl groups is 1. The molecule has 3 N–H and O–H groups in total. The van der Waals surface area contributed by atoms with Crippen LogP contribution in [0.4, 0.5) is 0 Å². The van der Waals surface area contributed by atoms with E-state index in [-0.39, 0.29) is 18.0 Å². The number of sulfonamides is 1. The van der Waals surface area contributed by atoms with E-state index >= 15 is 0 Å². The number of aliphatic hydroxyl groups excluding tert-OH is 1. The van der Waals surface area contributed by atoms with E-state index in [9.17, 15) is 8.42 Å². The summed E-state index contributed by atoms with van der Waals surface area (Å²) in [5.74, 6) is 0. The van der Waals surface area contributed by atoms with Crippen molar-refractivity contribution in [1.29, 1.82) is 0 Å². The highest BCUT2D eigenvalue weighted by Crippen LogP contribution is 2.29. The summed E-state index contributed by atoms with van der Waals surface area (Å²) < 4.78 is 26.6. The summed E-state index contributed by atoms with van der Waals surface area (Å²) >= 11 is 0. The Morgan fingerprint density at radius 3 is 2.58 bits per heavy atom. The standard InChI is InChI=1S/C18H22N4O3S/c1-22(2)12-14-11-17-16(7-8-19-18(17)21-14)13-3-5-15(6-4-13)26(24,25)20-9-10-23/h3-8,11,20,23H,9-10,12H2,1-2H3,(H,19,21). The van der Waals surface area contributed by atoms with Crippen molar-refractivity contribution >= 4 is 21.1 Å². The molecule has 0 amide bonds. The number of rotatable bonds is 7. The molecule has 0 atom stereocenters. The summed E-state index contributed by atoms with van der Waals surface area (Å²) in [5.41, 5.74) is 3.77. The molecule has 0 aliphatic carbocycles. The summed E-state index contributed by atoms with van der Waals surface area (Å²) in [4.78, 5) is 9.94. The number of hydrogen-bond donors (Lipinski definition) is 3. The van der Waals surface area contributed by atoms with Gasteiger partial charge in [0.1, 0.15) is 5.65 Å². The van der Waals surface area contributed by atoms with Gasteiger partial charge in [-0.15, -0.1) is 0 Å². The minimum absolute atomic E-state index is 0.00688. The molecule has 0 spiro atoms. The lowest BCUT2D eigenvalue weighted by Gasteiger charge is -2.07. The lowest BCUT2D eigenvalue weighted by atomic mass is 10.0. The normalized spacial score (nSPS) is 12.2. The van der Waals surface area contributed by atoms with E-state index < -0.39 is 10.0 Å². The molecule has 138 valence electrons. The average Bonchev–Trinajstić information content (AvgIpc) is 3.01. The van der Waals surface area contributed by atoms with E-state index in [4.69, 9.17) is 5.11 Å². The van der Waals surface area contributed by atoms with Crippen molar-refractivity contribution in [1.82, 2.24) is 19.6 Å². The molecular formula is C18H22N4O3S. The first-order valence-electron chi connectivity index (χ1n) is 8.23. The van der Waals surface area contributed by atoms with Gasteiger partial charge in [0, 0.05) is 30.4 Å². The highest BCUT2D eigenvalue weighted by atomic mass is 32.2. The van der Waals surface area contributed by atoms with Gasteiger partial charge in [-0.1, -0.05) is 12.1 Å². The molecule has 2 aromatic heterocycles. The predicted octanol–water partition coefficient (Wildman–Crippen LogP) is 1.56. The minimum Gasteiger partial charge on any atom is -0.395 e. The van der Waals surface area contributed by atoms with E-state index in [1.54, 1.807) is 30.5 Å². The van der Waals surface area contributed by atoms with E-state index in [0.29, 0.717) is 0 Å². The molecule has 26 heavy (non-hydrogen) atoms. The predicted molar refractivity (Wildman–Crippen MR) is 101 cm³/mol. The van der Waals surface area contributed by atoms with Gasteiger partial charge in [-0.3, -0.25) is 0 Å². The van der Waals surface area contributed by atoms with Crippen LogP contribution in [0.1, 0.15) is 5.69 Å². The number of nitrogens with one attached hydrogen (secondary N) is 2. The number of nitrogens with zero attached hydrogens (tertiary/aromatic N) is 2. The molecule has 8 heteroatoms. The molecule has 0 saturated carbocycles. The van der Waals surface area contributed by atoms with Gasteiger partial charge in [-0.05, 0) is 49.5 Å². The summed E-state index contributed by atoms with van der Waals surface area (Å²) in [5, 5.41) is 9.79. The molecule has 0 fully saturated rings. The van der Waals surface area contributed by atoms with Crippen LogP contribution < -0.4 is 4.72 Å². The number of benzene rings is 1. The number of aromatic amines is 1. The van der Waals surface area contributed by atoms with Crippen LogP contribution in [0.2, 0.25) is 0 Å². The molecule has 0 radical (unpaired) electrons. The Kier molecular flexibility index (Phi) is 5.38. The number of fused-ring (bicyclic) bond motifs is 1. The van der Waals surface area contributed by atoms with Crippen molar-refractivity contribution in [3.8, 4) is 11.1 Å². The third-order valence-corrected chi connectivity index (χ3v) is 5.43. The van der Waals surface area contributed by atoms with Gasteiger partial charge in [0.25, 0.3) is 0 Å². The zero-order valence-corrected chi connectivity index (χ0v) is 15.5. The fourth-order valence-corrected chi connectivity index (χ4v) is 3.86. The molecule has 7 nitrogen and oxygen atoms in total. The third kappa shape index (κ3) is 3.94. The van der Waals surface area contributed by atoms with E-state index in [2.05, 4.69) is 25.7 Å². The summed E-state index contributed by atoms with van der Waals surface area (Å²) in [6.45, 7) is 0.533. The molecular weight excluding hydrogens is 352 g/mol. The largest absolute Gasteiger partial charge is 0.395 e. The number of pyridine rings is 1. The second-order valence-electron chi connectivity index (χ2n) is 6.30. The van der Waals surface area contributed by atoms with Crippen molar-refractivity contribution in [3.63, 3.8) is 0 Å². The van der Waals surface area contributed by atoms with Crippen molar-refractivity contribution < 1.29 is 13.5 Å². The molecule has 0 aliphatic heterocycles. The molecule has 3 rings (SSSR count). The van der Waals surface area contributed by atoms with Crippen molar-refractivity contribution in [2.45, 2.75) is 11.4 Å². The van der Waals surface area contributed by atoms with Crippen LogP contribution in [0.5, 0.6) is 0 Å². The molecule has 0 unspecified atom stereocenters. The lowest BCUT2D eigenvalue weighted by Crippen LogP contribution is -2.26. The fourth-order valence-electron chi connectivity index (χ4n) is 2.84. The van der Waals surface area contributed by atoms with Crippen LogP contribution in [0.15, 0.2) is 47.5 Å². The van der Waals surface area contributed by atoms with E-state index in [1.165, 1.54) is 0 Å². The quantitative estimate of drug-likeness (QED) is 0.583. The van der Waals surface area contributed by atoms with Crippen molar-refractivity contribution in [3.05, 3.63) is 48.3 Å². The molecule has 2 heterocycles. The van der Waals surface area contributed by atoms with Crippen LogP contribution in [0.25, 0.3) is 22.2 Å². The first kappa shape index (κ1) is 18.5. The van der Waals surface area contributed by atoms with Gasteiger partial charge in [-0.25, -0.2) is 18.1 Å². The maximum Gasteiger partial charge on any atom is 0.240 e. The Balaban J connectivity index is 1.95. The summed E-state index contributed by atoms with van der Waals surface area (Å²) in [6, 6.07) is 10.7. The zero-order valence-electron chi connectivity index (χ0n) is 14.7. The van der Waals surface area contributed by atoms with Gasteiger partial charge in [0.2, 0.25) is 10.0 Å². The van der Waals surface area contributed by atoms with Gasteiger partial charge in [0.05, 0.1) is 11.5 Å². The molecule has 1 aromatic carbocycles. The second kappa shape index (κ2) is 7.55. The van der Waals surface area contributed by atoms with E-state index in [0.717, 1.165) is 34.4 Å². The monoisotopic (exact) mass is 374 g/mol. The second-order valence-corrected chi connectivity index (χ2v) is 8.07. The zero-order chi connectivity index (χ0) is 18.7. The Bertz CT molecular complexity index is 995. The Hall–Kier alpha value is -2.26. The van der Waals surface area contributed by atoms with Gasteiger partial charge in [-0.2, -0.15) is 0 Å². The Morgan fingerprint density at radius 2 is 1.92 bits per heavy atom. The maximum absolute atomic E-state index is 12.1. The van der Waals surface area contributed by atoms with Gasteiger partial charge < -0.3 is 15.0 Å². The van der Waals surface area contributed by atoms with Gasteiger partial charge in [0.15, 0.2) is 0 Å². The number of aromatic nitrogens is 2. The topological polar surface area (TPSA) is 98.3 Å². The fraction of sp³-hybridized carbons (Fsp3) is 0.278. The first-order chi connectivity index (χ1) is 12.4. The third-order valence-electron chi connectivity index (χ3n) is 3.95. The SMILES string of the molecule is CN(C)Cc1cc2c(-c3ccc(S(=O)(=O)NCCO)cc3)ccnc2[nH]1. The number of hydrogen-bond acceptors (Lipinski definition) is 5. The highest BCUT2D eigenvalue weighted by Gasteiger charge is 2.14. The van der Waals surface area contributed by atoms with Crippen LogP contribution in [-0.4, -0.2) is 55.6 Å². The number of H-pyrrole nitrogens is 1. The molecule has 3 aromatic rings. The van der Waals surface area contributed by atoms with E-state index in [1.807, 2.05) is 20.2 Å². The highest BCUT2D eigenvalue weighted by molar-refractivity contribution is 7.89. The van der Waals surface area contributed by atoms with Crippen LogP contribution in [-0.2, 0) is 16.6 Å². The van der Waals surface area contributed by atoms with Crippen molar-refractivity contribution in [2.75, 3.05) is 27.2 Å². The van der Waals surface area contributed by atoms with Crippen LogP contribution >= 0.6 is 0 Å². The average molecular weight is 374 g/mol. The lowest BCUT2D eigenvalue weighted by molar-refractivity contribution is 0.301. The van der Waals surface area contributed by atoms with Gasteiger partial charge >= 0.3 is 0 Å². The summed E-state index contributed by atoms with van der Waals surface area (Å²) in [6.07, 6.45) is 1.74. The molecule has 0 saturated heterocycles. The molecule has 0 aliphatic rings. The van der Waals surface area contributed by atoms with Crippen LogP contribution in [0, 0.1) is 0 Å². The van der Waals surface area contributed by atoms with Crippen LogP contribution in [0.3, 0.4) is 0 Å². The Morgan fingerprint density at radius 1 is 1.19 bits per heavy atom.